The lowest BCUT2D eigenvalue weighted by Gasteiger charge is -2.31. The molecule has 3 rings (SSSR count). The average molecular weight is 470 g/mol. The minimum atomic E-state index is 0. The Hall–Kier alpha value is -1.31. The van der Waals surface area contributed by atoms with Gasteiger partial charge in [0.2, 0.25) is 5.91 Å². The summed E-state index contributed by atoms with van der Waals surface area (Å²) in [7, 11) is 0. The van der Waals surface area contributed by atoms with Crippen LogP contribution in [0.5, 0.6) is 0 Å². The number of halogens is 1. The standard InChI is InChI=1S/C20H30N4O.HI/c1-16-8-12-23(13-9-16)20(21)22-11-4-7-19(25)24-14-10-17-5-2-3-6-18(17)15-24;/h2-3,5-6,16H,4,7-15H2,1H3,(H2,21,22);1H. The number of benzene rings is 1. The van der Waals surface area contributed by atoms with Crippen molar-refractivity contribution in [3.8, 4) is 0 Å². The van der Waals surface area contributed by atoms with Gasteiger partial charge in [-0.05, 0) is 42.7 Å². The maximum absolute atomic E-state index is 12.4. The van der Waals surface area contributed by atoms with Crippen molar-refractivity contribution in [1.82, 2.24) is 9.80 Å². The van der Waals surface area contributed by atoms with Crippen LogP contribution in [0.25, 0.3) is 0 Å². The number of hydrogen-bond donors (Lipinski definition) is 1. The maximum atomic E-state index is 12.4. The Morgan fingerprint density at radius 2 is 1.85 bits per heavy atom. The molecule has 0 bridgehead atoms. The molecule has 5 nitrogen and oxygen atoms in total. The van der Waals surface area contributed by atoms with Crippen LogP contribution >= 0.6 is 24.0 Å². The average Bonchev–Trinajstić information content (AvgIpc) is 2.65. The van der Waals surface area contributed by atoms with Gasteiger partial charge in [0.25, 0.3) is 0 Å². The summed E-state index contributed by atoms with van der Waals surface area (Å²) in [5.74, 6) is 1.66. The molecule has 1 aromatic carbocycles. The number of nitrogens with zero attached hydrogens (tertiary/aromatic N) is 3. The second-order valence-corrected chi connectivity index (χ2v) is 7.35. The zero-order chi connectivity index (χ0) is 17.6. The number of likely N-dealkylation sites (tertiary alicyclic amines) is 1. The summed E-state index contributed by atoms with van der Waals surface area (Å²) in [5, 5.41) is 0. The van der Waals surface area contributed by atoms with Crippen LogP contribution in [0.4, 0.5) is 0 Å². The summed E-state index contributed by atoms with van der Waals surface area (Å²) in [6.07, 6.45) is 4.65. The van der Waals surface area contributed by atoms with Gasteiger partial charge in [0.1, 0.15) is 0 Å². The summed E-state index contributed by atoms with van der Waals surface area (Å²) in [6, 6.07) is 8.41. The first-order valence-electron chi connectivity index (χ1n) is 9.53. The van der Waals surface area contributed by atoms with Crippen molar-refractivity contribution < 1.29 is 4.79 Å². The first kappa shape index (κ1) is 21.0. The SMILES string of the molecule is CC1CCN(C(N)=NCCCC(=O)N2CCc3ccccc3C2)CC1.I. The molecule has 2 N–H and O–H groups in total. The van der Waals surface area contributed by atoms with Crippen LogP contribution in [0.1, 0.15) is 43.7 Å². The molecular formula is C20H31IN4O. The Balaban J connectivity index is 0.00000243. The number of rotatable bonds is 4. The van der Waals surface area contributed by atoms with Crippen LogP contribution in [-0.4, -0.2) is 47.8 Å². The first-order valence-corrected chi connectivity index (χ1v) is 9.53. The van der Waals surface area contributed by atoms with E-state index in [0.717, 1.165) is 44.9 Å². The van der Waals surface area contributed by atoms with Crippen molar-refractivity contribution in [2.45, 2.75) is 45.6 Å². The molecule has 0 saturated carbocycles. The van der Waals surface area contributed by atoms with Crippen molar-refractivity contribution in [2.24, 2.45) is 16.6 Å². The summed E-state index contributed by atoms with van der Waals surface area (Å²) in [6.45, 7) is 6.49. The van der Waals surface area contributed by atoms with Gasteiger partial charge in [-0.15, -0.1) is 24.0 Å². The molecule has 0 atom stereocenters. The molecule has 1 fully saturated rings. The number of carbonyl (C=O) groups excluding carboxylic acids is 1. The maximum Gasteiger partial charge on any atom is 0.222 e. The van der Waals surface area contributed by atoms with Gasteiger partial charge in [-0.25, -0.2) is 0 Å². The summed E-state index contributed by atoms with van der Waals surface area (Å²) in [4.78, 5) is 21.0. The number of piperidine rings is 1. The van der Waals surface area contributed by atoms with Crippen molar-refractivity contribution in [2.75, 3.05) is 26.2 Å². The third-order valence-corrected chi connectivity index (χ3v) is 5.41. The van der Waals surface area contributed by atoms with E-state index in [-0.39, 0.29) is 29.9 Å². The molecule has 0 aliphatic carbocycles. The van der Waals surface area contributed by atoms with E-state index in [2.05, 4.69) is 35.0 Å². The smallest absolute Gasteiger partial charge is 0.222 e. The normalized spacial score (nSPS) is 18.3. The molecule has 1 saturated heterocycles. The first-order chi connectivity index (χ1) is 12.1. The molecule has 2 aliphatic rings. The molecule has 6 heteroatoms. The number of amides is 1. The molecule has 1 amide bonds. The zero-order valence-corrected chi connectivity index (χ0v) is 18.0. The van der Waals surface area contributed by atoms with Gasteiger partial charge in [0.15, 0.2) is 5.96 Å². The van der Waals surface area contributed by atoms with Gasteiger partial charge in [0, 0.05) is 39.1 Å². The lowest BCUT2D eigenvalue weighted by molar-refractivity contribution is -0.132. The van der Waals surface area contributed by atoms with Gasteiger partial charge in [-0.1, -0.05) is 31.2 Å². The highest BCUT2D eigenvalue weighted by Gasteiger charge is 2.20. The number of guanidine groups is 1. The highest BCUT2D eigenvalue weighted by atomic mass is 127. The minimum Gasteiger partial charge on any atom is -0.370 e. The number of nitrogens with two attached hydrogens (primary N) is 1. The van der Waals surface area contributed by atoms with Crippen LogP contribution < -0.4 is 5.73 Å². The van der Waals surface area contributed by atoms with Crippen LogP contribution in [0, 0.1) is 5.92 Å². The summed E-state index contributed by atoms with van der Waals surface area (Å²) >= 11 is 0. The second-order valence-electron chi connectivity index (χ2n) is 7.35. The van der Waals surface area contributed by atoms with Crippen LogP contribution in [0.3, 0.4) is 0 Å². The van der Waals surface area contributed by atoms with Gasteiger partial charge in [-0.3, -0.25) is 9.79 Å². The van der Waals surface area contributed by atoms with E-state index in [0.29, 0.717) is 18.9 Å². The number of carbonyl (C=O) groups is 1. The quantitative estimate of drug-likeness (QED) is 0.319. The topological polar surface area (TPSA) is 61.9 Å². The molecular weight excluding hydrogens is 439 g/mol. The fourth-order valence-corrected chi connectivity index (χ4v) is 3.63. The number of aliphatic imine (C=N–C) groups is 1. The van der Waals surface area contributed by atoms with Crippen LogP contribution in [0.2, 0.25) is 0 Å². The fourth-order valence-electron chi connectivity index (χ4n) is 3.63. The van der Waals surface area contributed by atoms with E-state index in [1.54, 1.807) is 0 Å². The van der Waals surface area contributed by atoms with E-state index in [1.807, 2.05) is 11.0 Å². The molecule has 144 valence electrons. The minimum absolute atomic E-state index is 0. The lowest BCUT2D eigenvalue weighted by atomic mass is 9.99. The van der Waals surface area contributed by atoms with Gasteiger partial charge < -0.3 is 15.5 Å². The second kappa shape index (κ2) is 10.1. The summed E-state index contributed by atoms with van der Waals surface area (Å²) < 4.78 is 0. The van der Waals surface area contributed by atoms with Crippen molar-refractivity contribution in [1.29, 1.82) is 0 Å². The van der Waals surface area contributed by atoms with Crippen LogP contribution in [0.15, 0.2) is 29.3 Å². The van der Waals surface area contributed by atoms with Crippen molar-refractivity contribution in [3.05, 3.63) is 35.4 Å². The highest BCUT2D eigenvalue weighted by Crippen LogP contribution is 2.19. The highest BCUT2D eigenvalue weighted by molar-refractivity contribution is 14.0. The molecule has 0 aromatic heterocycles. The van der Waals surface area contributed by atoms with E-state index in [1.165, 1.54) is 24.0 Å². The number of hydrogen-bond acceptors (Lipinski definition) is 2. The predicted octanol–water partition coefficient (Wildman–Crippen LogP) is 3.02. The van der Waals surface area contributed by atoms with E-state index >= 15 is 0 Å². The molecule has 0 spiro atoms. The molecule has 0 unspecified atom stereocenters. The molecule has 2 heterocycles. The largest absolute Gasteiger partial charge is 0.370 e. The van der Waals surface area contributed by atoms with E-state index < -0.39 is 0 Å². The molecule has 26 heavy (non-hydrogen) atoms. The molecule has 1 aromatic rings. The van der Waals surface area contributed by atoms with Crippen molar-refractivity contribution >= 4 is 35.8 Å². The third kappa shape index (κ3) is 5.59. The van der Waals surface area contributed by atoms with Crippen LogP contribution in [-0.2, 0) is 17.8 Å². The van der Waals surface area contributed by atoms with Gasteiger partial charge >= 0.3 is 0 Å². The Bertz CT molecular complexity index is 626. The lowest BCUT2D eigenvalue weighted by Crippen LogP contribution is -2.42. The predicted molar refractivity (Wildman–Crippen MR) is 117 cm³/mol. The Labute approximate surface area is 174 Å². The Kier molecular flexibility index (Phi) is 8.18. The molecule has 0 radical (unpaired) electrons. The molecule has 2 aliphatic heterocycles. The van der Waals surface area contributed by atoms with Gasteiger partial charge in [0.05, 0.1) is 0 Å². The van der Waals surface area contributed by atoms with E-state index in [4.69, 9.17) is 5.73 Å². The fraction of sp³-hybridized carbons (Fsp3) is 0.600. The summed E-state index contributed by atoms with van der Waals surface area (Å²) in [5.41, 5.74) is 8.74. The Morgan fingerprint density at radius 1 is 1.15 bits per heavy atom. The number of fused-ring (bicyclic) bond motifs is 1. The monoisotopic (exact) mass is 470 g/mol. The van der Waals surface area contributed by atoms with Gasteiger partial charge in [-0.2, -0.15) is 0 Å². The van der Waals surface area contributed by atoms with Crippen molar-refractivity contribution in [3.63, 3.8) is 0 Å². The Morgan fingerprint density at radius 3 is 2.58 bits per heavy atom. The van der Waals surface area contributed by atoms with E-state index in [9.17, 15) is 4.79 Å². The third-order valence-electron chi connectivity index (χ3n) is 5.41. The zero-order valence-electron chi connectivity index (χ0n) is 15.7.